The maximum Gasteiger partial charge on any atom is 0.266 e. The average molecular weight is 447 g/mol. The molecule has 0 bridgehead atoms. The Bertz CT molecular complexity index is 1530. The summed E-state index contributed by atoms with van der Waals surface area (Å²) in [6.45, 7) is 2.07. The number of thiazole rings is 1. The minimum Gasteiger partial charge on any atom is -0.269 e. The van der Waals surface area contributed by atoms with Gasteiger partial charge in [-0.25, -0.2) is 9.97 Å². The van der Waals surface area contributed by atoms with Crippen molar-refractivity contribution in [3.63, 3.8) is 0 Å². The van der Waals surface area contributed by atoms with Gasteiger partial charge in [0.25, 0.3) is 11.1 Å². The van der Waals surface area contributed by atoms with Crippen LogP contribution in [0.15, 0.2) is 80.9 Å². The second-order valence-electron chi connectivity index (χ2n) is 6.96. The molecule has 8 heteroatoms. The first-order valence-corrected chi connectivity index (χ1v) is 11.7. The Morgan fingerprint density at radius 1 is 1.03 bits per heavy atom. The second kappa shape index (κ2) is 8.13. The number of benzene rings is 2. The zero-order chi connectivity index (χ0) is 21.4. The van der Waals surface area contributed by atoms with E-state index < -0.39 is 0 Å². The van der Waals surface area contributed by atoms with Crippen molar-refractivity contribution in [1.29, 1.82) is 0 Å². The quantitative estimate of drug-likeness (QED) is 0.297. The standard InChI is InChI=1S/C23H18N4O2S2/c1-2-15-7-3-6-10-19(15)27-21(29)17-8-4-5-9-18(17)25-23(27)31-14-16-13-20(28)26-11-12-30-22(26)24-16/h3-13H,2,14H2,1H3. The van der Waals surface area contributed by atoms with E-state index in [4.69, 9.17) is 4.98 Å². The van der Waals surface area contributed by atoms with Crippen LogP contribution >= 0.6 is 23.1 Å². The van der Waals surface area contributed by atoms with Gasteiger partial charge in [-0.2, -0.15) is 0 Å². The molecule has 2 aromatic carbocycles. The molecule has 3 aromatic heterocycles. The summed E-state index contributed by atoms with van der Waals surface area (Å²) in [6, 6.07) is 16.8. The third kappa shape index (κ3) is 3.58. The zero-order valence-corrected chi connectivity index (χ0v) is 18.3. The van der Waals surface area contributed by atoms with Crippen LogP contribution in [0.1, 0.15) is 18.2 Å². The molecule has 0 aliphatic carbocycles. The SMILES string of the molecule is CCc1ccccc1-n1c(SCc2cc(=O)n3ccsc3n2)nc2ccccc2c1=O. The molecular formula is C23H18N4O2S2. The van der Waals surface area contributed by atoms with E-state index in [1.54, 1.807) is 16.8 Å². The molecule has 0 unspecified atom stereocenters. The van der Waals surface area contributed by atoms with Crippen LogP contribution in [-0.2, 0) is 12.2 Å². The van der Waals surface area contributed by atoms with Gasteiger partial charge < -0.3 is 0 Å². The Labute approximate surface area is 185 Å². The van der Waals surface area contributed by atoms with Crippen LogP contribution < -0.4 is 11.1 Å². The van der Waals surface area contributed by atoms with Crippen molar-refractivity contribution < 1.29 is 0 Å². The van der Waals surface area contributed by atoms with Crippen LogP contribution in [0.2, 0.25) is 0 Å². The molecule has 0 saturated heterocycles. The summed E-state index contributed by atoms with van der Waals surface area (Å²) in [5.74, 6) is 0.433. The number of fused-ring (bicyclic) bond motifs is 2. The third-order valence-corrected chi connectivity index (χ3v) is 6.79. The summed E-state index contributed by atoms with van der Waals surface area (Å²) in [6.07, 6.45) is 2.52. The van der Waals surface area contributed by atoms with E-state index in [1.165, 1.54) is 33.6 Å². The highest BCUT2D eigenvalue weighted by atomic mass is 32.2. The van der Waals surface area contributed by atoms with E-state index in [0.717, 1.165) is 17.7 Å². The second-order valence-corrected chi connectivity index (χ2v) is 8.78. The number of aromatic nitrogens is 4. The lowest BCUT2D eigenvalue weighted by Crippen LogP contribution is -2.23. The Morgan fingerprint density at radius 3 is 2.71 bits per heavy atom. The van der Waals surface area contributed by atoms with Crippen molar-refractivity contribution >= 4 is 39.0 Å². The van der Waals surface area contributed by atoms with E-state index in [2.05, 4.69) is 11.9 Å². The van der Waals surface area contributed by atoms with Gasteiger partial charge >= 0.3 is 0 Å². The molecule has 0 saturated carbocycles. The normalized spacial score (nSPS) is 11.4. The van der Waals surface area contributed by atoms with Crippen LogP contribution in [0.5, 0.6) is 0 Å². The number of aryl methyl sites for hydroxylation is 1. The smallest absolute Gasteiger partial charge is 0.266 e. The van der Waals surface area contributed by atoms with Crippen LogP contribution in [0, 0.1) is 0 Å². The molecule has 0 fully saturated rings. The van der Waals surface area contributed by atoms with Crippen molar-refractivity contribution in [2.45, 2.75) is 24.3 Å². The first-order chi connectivity index (χ1) is 15.2. The minimum atomic E-state index is -0.109. The molecule has 0 N–H and O–H groups in total. The molecule has 31 heavy (non-hydrogen) atoms. The number of rotatable bonds is 5. The number of hydrogen-bond donors (Lipinski definition) is 0. The molecule has 6 nitrogen and oxygen atoms in total. The Morgan fingerprint density at radius 2 is 1.84 bits per heavy atom. The fourth-order valence-electron chi connectivity index (χ4n) is 3.55. The lowest BCUT2D eigenvalue weighted by atomic mass is 10.1. The predicted octanol–water partition coefficient (Wildman–Crippen LogP) is 4.31. The maximum atomic E-state index is 13.5. The molecule has 0 atom stereocenters. The van der Waals surface area contributed by atoms with Gasteiger partial charge in [-0.1, -0.05) is 49.0 Å². The minimum absolute atomic E-state index is 0.101. The lowest BCUT2D eigenvalue weighted by Gasteiger charge is -2.16. The number of thioether (sulfide) groups is 1. The van der Waals surface area contributed by atoms with Crippen molar-refractivity contribution in [2.75, 3.05) is 0 Å². The van der Waals surface area contributed by atoms with E-state index in [1.807, 2.05) is 47.8 Å². The van der Waals surface area contributed by atoms with E-state index >= 15 is 0 Å². The number of nitrogens with zero attached hydrogens (tertiary/aromatic N) is 4. The van der Waals surface area contributed by atoms with Crippen molar-refractivity contribution in [3.8, 4) is 5.69 Å². The van der Waals surface area contributed by atoms with Gasteiger partial charge in [0.15, 0.2) is 10.1 Å². The Balaban J connectivity index is 1.64. The molecule has 0 amide bonds. The number of hydrogen-bond acceptors (Lipinski definition) is 6. The molecule has 0 aliphatic rings. The van der Waals surface area contributed by atoms with Gasteiger partial charge in [-0.05, 0) is 30.2 Å². The summed E-state index contributed by atoms with van der Waals surface area (Å²) < 4.78 is 3.21. The summed E-state index contributed by atoms with van der Waals surface area (Å²) in [4.78, 5) is 35.8. The van der Waals surface area contributed by atoms with E-state index in [-0.39, 0.29) is 11.1 Å². The first kappa shape index (κ1) is 19.7. The zero-order valence-electron chi connectivity index (χ0n) is 16.7. The molecule has 154 valence electrons. The summed E-state index contributed by atoms with van der Waals surface area (Å²) >= 11 is 2.83. The van der Waals surface area contributed by atoms with Gasteiger partial charge in [0.1, 0.15) is 0 Å². The molecule has 5 rings (SSSR count). The Kier molecular flexibility index (Phi) is 5.17. The van der Waals surface area contributed by atoms with Crippen LogP contribution in [0.4, 0.5) is 0 Å². The van der Waals surface area contributed by atoms with Crippen molar-refractivity contribution in [3.05, 3.63) is 98.1 Å². The van der Waals surface area contributed by atoms with Crippen LogP contribution in [0.25, 0.3) is 21.6 Å². The average Bonchev–Trinajstić information content (AvgIpc) is 3.27. The van der Waals surface area contributed by atoms with Gasteiger partial charge in [-0.3, -0.25) is 18.6 Å². The molecule has 0 aliphatic heterocycles. The van der Waals surface area contributed by atoms with Crippen molar-refractivity contribution in [1.82, 2.24) is 18.9 Å². The Hall–Kier alpha value is -3.23. The number of para-hydroxylation sites is 2. The summed E-state index contributed by atoms with van der Waals surface area (Å²) in [5.41, 5.74) is 3.01. The van der Waals surface area contributed by atoms with Crippen LogP contribution in [-0.4, -0.2) is 18.9 Å². The van der Waals surface area contributed by atoms with E-state index in [0.29, 0.717) is 32.5 Å². The maximum absolute atomic E-state index is 13.5. The highest BCUT2D eigenvalue weighted by Crippen LogP contribution is 2.26. The van der Waals surface area contributed by atoms with Crippen LogP contribution in [0.3, 0.4) is 0 Å². The highest BCUT2D eigenvalue weighted by molar-refractivity contribution is 7.98. The third-order valence-electron chi connectivity index (χ3n) is 5.06. The van der Waals surface area contributed by atoms with E-state index in [9.17, 15) is 9.59 Å². The molecule has 0 spiro atoms. The van der Waals surface area contributed by atoms with Crippen molar-refractivity contribution in [2.24, 2.45) is 0 Å². The largest absolute Gasteiger partial charge is 0.269 e. The lowest BCUT2D eigenvalue weighted by molar-refractivity contribution is 0.808. The summed E-state index contributed by atoms with van der Waals surface area (Å²) in [7, 11) is 0. The molecular weight excluding hydrogens is 428 g/mol. The van der Waals surface area contributed by atoms with Gasteiger partial charge in [0.2, 0.25) is 0 Å². The van der Waals surface area contributed by atoms with Gasteiger partial charge in [0, 0.05) is 23.4 Å². The topological polar surface area (TPSA) is 69.3 Å². The predicted molar refractivity (Wildman–Crippen MR) is 126 cm³/mol. The van der Waals surface area contributed by atoms with Gasteiger partial charge in [-0.15, -0.1) is 11.3 Å². The summed E-state index contributed by atoms with van der Waals surface area (Å²) in [5, 5.41) is 3.00. The highest BCUT2D eigenvalue weighted by Gasteiger charge is 2.16. The van der Waals surface area contributed by atoms with Gasteiger partial charge in [0.05, 0.1) is 22.3 Å². The fraction of sp³-hybridized carbons (Fsp3) is 0.130. The molecule has 0 radical (unpaired) electrons. The molecule has 3 heterocycles. The first-order valence-electron chi connectivity index (χ1n) is 9.84. The monoisotopic (exact) mass is 446 g/mol. The fourth-order valence-corrected chi connectivity index (χ4v) is 5.19. The molecule has 5 aromatic rings.